The van der Waals surface area contributed by atoms with Crippen LogP contribution in [-0.4, -0.2) is 42.1 Å². The van der Waals surface area contributed by atoms with Crippen molar-refractivity contribution in [2.24, 2.45) is 5.92 Å². The van der Waals surface area contributed by atoms with E-state index in [9.17, 15) is 9.59 Å². The lowest BCUT2D eigenvalue weighted by molar-refractivity contribution is -0.126. The van der Waals surface area contributed by atoms with E-state index in [1.165, 1.54) is 30.6 Å². The number of thiophene rings is 1. The molecule has 0 spiro atoms. The molecule has 1 aliphatic carbocycles. The lowest BCUT2D eigenvalue weighted by Gasteiger charge is -2.33. The summed E-state index contributed by atoms with van der Waals surface area (Å²) in [5.74, 6) is 1.37. The highest BCUT2D eigenvalue weighted by Crippen LogP contribution is 2.33. The van der Waals surface area contributed by atoms with Gasteiger partial charge in [-0.25, -0.2) is 4.98 Å². The Morgan fingerprint density at radius 1 is 1.21 bits per heavy atom. The molecule has 1 aromatic carbocycles. The number of nitrogens with zero attached hydrogens (tertiary/aromatic N) is 2. The van der Waals surface area contributed by atoms with Crippen molar-refractivity contribution in [3.05, 3.63) is 40.0 Å². The highest BCUT2D eigenvalue weighted by molar-refractivity contribution is 7.17. The lowest BCUT2D eigenvalue weighted by Crippen LogP contribution is -2.47. The van der Waals surface area contributed by atoms with E-state index in [0.29, 0.717) is 28.8 Å². The molecule has 5 rings (SSSR count). The molecule has 3 aromatic rings. The first-order chi connectivity index (χ1) is 16.1. The van der Waals surface area contributed by atoms with Gasteiger partial charge < -0.3 is 15.0 Å². The van der Waals surface area contributed by atoms with Crippen LogP contribution in [0.2, 0.25) is 0 Å². The summed E-state index contributed by atoms with van der Waals surface area (Å²) in [7, 11) is 1.64. The third-order valence-corrected chi connectivity index (χ3v) is 7.81. The Labute approximate surface area is 197 Å². The minimum absolute atomic E-state index is 0.0815. The monoisotopic (exact) mass is 466 g/mol. The number of anilines is 1. The second kappa shape index (κ2) is 9.55. The van der Waals surface area contributed by atoms with Crippen LogP contribution in [0.5, 0.6) is 5.75 Å². The smallest absolute Gasteiger partial charge is 0.270 e. The van der Waals surface area contributed by atoms with E-state index < -0.39 is 0 Å². The van der Waals surface area contributed by atoms with Crippen LogP contribution in [0.15, 0.2) is 34.4 Å². The maximum atomic E-state index is 12.9. The zero-order chi connectivity index (χ0) is 22.8. The maximum Gasteiger partial charge on any atom is 0.270 e. The minimum atomic E-state index is -0.136. The number of carbonyl (C=O) groups excluding carboxylic acids is 1. The number of hydrogen-bond acceptors (Lipinski definition) is 6. The van der Waals surface area contributed by atoms with E-state index in [0.717, 1.165) is 49.1 Å². The van der Waals surface area contributed by atoms with Crippen molar-refractivity contribution in [3.63, 3.8) is 0 Å². The Morgan fingerprint density at radius 3 is 2.88 bits per heavy atom. The molecular weight excluding hydrogens is 436 g/mol. The number of benzene rings is 1. The molecule has 2 aliphatic rings. The number of carbonyl (C=O) groups is 1. The van der Waals surface area contributed by atoms with Crippen LogP contribution < -0.4 is 20.5 Å². The van der Waals surface area contributed by atoms with E-state index >= 15 is 0 Å². The first-order valence-electron chi connectivity index (χ1n) is 11.8. The van der Waals surface area contributed by atoms with Crippen LogP contribution in [0.25, 0.3) is 21.3 Å². The van der Waals surface area contributed by atoms with E-state index in [4.69, 9.17) is 9.72 Å². The zero-order valence-corrected chi connectivity index (χ0v) is 19.7. The molecule has 0 unspecified atom stereocenters. The SMILES string of the molecule is COc1cccc(-c2csc3c(=O)[nH]c(N4CCC[C@H](C(=O)NC5CCCCC5)C4)nc23)c1. The summed E-state index contributed by atoms with van der Waals surface area (Å²) in [4.78, 5) is 35.7. The van der Waals surface area contributed by atoms with E-state index in [1.807, 2.05) is 29.6 Å². The number of piperidine rings is 1. The van der Waals surface area contributed by atoms with Crippen LogP contribution in [0.4, 0.5) is 5.95 Å². The second-order valence-electron chi connectivity index (χ2n) is 9.08. The highest BCUT2D eigenvalue weighted by Gasteiger charge is 2.29. The van der Waals surface area contributed by atoms with Crippen molar-refractivity contribution in [1.82, 2.24) is 15.3 Å². The summed E-state index contributed by atoms with van der Waals surface area (Å²) in [6, 6.07) is 8.10. The quantitative estimate of drug-likeness (QED) is 0.585. The van der Waals surface area contributed by atoms with Crippen molar-refractivity contribution in [2.45, 2.75) is 51.0 Å². The van der Waals surface area contributed by atoms with Gasteiger partial charge in [0.25, 0.3) is 5.56 Å². The van der Waals surface area contributed by atoms with Crippen molar-refractivity contribution < 1.29 is 9.53 Å². The molecule has 1 aliphatic heterocycles. The number of fused-ring (bicyclic) bond motifs is 1. The Kier molecular flexibility index (Phi) is 6.35. The third kappa shape index (κ3) is 4.62. The number of ether oxygens (including phenoxy) is 1. The van der Waals surface area contributed by atoms with Crippen molar-refractivity contribution >= 4 is 33.4 Å². The van der Waals surface area contributed by atoms with Gasteiger partial charge in [0.15, 0.2) is 0 Å². The fourth-order valence-electron chi connectivity index (χ4n) is 5.01. The van der Waals surface area contributed by atoms with Crippen LogP contribution in [0, 0.1) is 5.92 Å². The summed E-state index contributed by atoms with van der Waals surface area (Å²) in [6.07, 6.45) is 7.60. The van der Waals surface area contributed by atoms with E-state index in [-0.39, 0.29) is 17.4 Å². The highest BCUT2D eigenvalue weighted by atomic mass is 32.1. The van der Waals surface area contributed by atoms with Crippen LogP contribution in [-0.2, 0) is 4.79 Å². The normalized spacial score (nSPS) is 19.5. The summed E-state index contributed by atoms with van der Waals surface area (Å²) < 4.78 is 5.98. The fourth-order valence-corrected chi connectivity index (χ4v) is 5.92. The topological polar surface area (TPSA) is 87.3 Å². The number of methoxy groups -OCH3 is 1. The molecule has 0 radical (unpaired) electrons. The van der Waals surface area contributed by atoms with Crippen molar-refractivity contribution in [1.29, 1.82) is 0 Å². The van der Waals surface area contributed by atoms with Crippen LogP contribution in [0.1, 0.15) is 44.9 Å². The first kappa shape index (κ1) is 21.9. The van der Waals surface area contributed by atoms with Gasteiger partial charge in [0.05, 0.1) is 18.5 Å². The largest absolute Gasteiger partial charge is 0.497 e. The van der Waals surface area contributed by atoms with Gasteiger partial charge >= 0.3 is 0 Å². The molecule has 1 saturated heterocycles. The number of aromatic amines is 1. The summed E-state index contributed by atoms with van der Waals surface area (Å²) >= 11 is 1.40. The van der Waals surface area contributed by atoms with Crippen LogP contribution >= 0.6 is 11.3 Å². The second-order valence-corrected chi connectivity index (χ2v) is 9.96. The molecule has 1 amide bonds. The molecule has 0 bridgehead atoms. The van der Waals surface area contributed by atoms with Gasteiger partial charge in [0.2, 0.25) is 11.9 Å². The molecule has 2 aromatic heterocycles. The minimum Gasteiger partial charge on any atom is -0.497 e. The van der Waals surface area contributed by atoms with Gasteiger partial charge in [-0.05, 0) is 43.4 Å². The van der Waals surface area contributed by atoms with Gasteiger partial charge in [0.1, 0.15) is 10.4 Å². The molecule has 1 saturated carbocycles. The molecule has 174 valence electrons. The summed E-state index contributed by atoms with van der Waals surface area (Å²) in [5, 5.41) is 5.25. The van der Waals surface area contributed by atoms with Gasteiger partial charge in [-0.3, -0.25) is 14.6 Å². The predicted octanol–water partition coefficient (Wildman–Crippen LogP) is 4.33. The molecule has 33 heavy (non-hydrogen) atoms. The van der Waals surface area contributed by atoms with Gasteiger partial charge in [-0.15, -0.1) is 11.3 Å². The summed E-state index contributed by atoms with van der Waals surface area (Å²) in [5.41, 5.74) is 2.45. The van der Waals surface area contributed by atoms with E-state index in [2.05, 4.69) is 15.2 Å². The average Bonchev–Trinajstić information content (AvgIpc) is 3.29. The fraction of sp³-hybridized carbons (Fsp3) is 0.480. The molecule has 1 atom stereocenters. The first-order valence-corrected chi connectivity index (χ1v) is 12.7. The Hall–Kier alpha value is -2.87. The van der Waals surface area contributed by atoms with Gasteiger partial charge in [-0.1, -0.05) is 31.4 Å². The molecule has 8 heteroatoms. The van der Waals surface area contributed by atoms with Crippen LogP contribution in [0.3, 0.4) is 0 Å². The standard InChI is InChI=1S/C25H30N4O3S/c1-32-19-11-5-7-16(13-19)20-15-33-22-21(20)27-25(28-24(22)31)29-12-6-8-17(14-29)23(30)26-18-9-3-2-4-10-18/h5,7,11,13,15,17-18H,2-4,6,8-10,12,14H2,1H3,(H,26,30)(H,27,28,31)/t17-/m0/s1. The molecule has 7 nitrogen and oxygen atoms in total. The van der Waals surface area contributed by atoms with E-state index in [1.54, 1.807) is 7.11 Å². The Bertz CT molecular complexity index is 1200. The number of hydrogen-bond donors (Lipinski definition) is 2. The Balaban J connectivity index is 1.39. The zero-order valence-electron chi connectivity index (χ0n) is 18.9. The number of aromatic nitrogens is 2. The number of rotatable bonds is 5. The third-order valence-electron chi connectivity index (χ3n) is 6.84. The molecule has 2 fully saturated rings. The Morgan fingerprint density at radius 2 is 2.06 bits per heavy atom. The average molecular weight is 467 g/mol. The van der Waals surface area contributed by atoms with Gasteiger partial charge in [0, 0.05) is 30.1 Å². The van der Waals surface area contributed by atoms with Crippen molar-refractivity contribution in [3.8, 4) is 16.9 Å². The summed E-state index contributed by atoms with van der Waals surface area (Å²) in [6.45, 7) is 1.35. The lowest BCUT2D eigenvalue weighted by atomic mass is 9.93. The van der Waals surface area contributed by atoms with Crippen molar-refractivity contribution in [2.75, 3.05) is 25.1 Å². The number of H-pyrrole nitrogens is 1. The molecular formula is C25H30N4O3S. The maximum absolute atomic E-state index is 12.9. The number of nitrogens with one attached hydrogen (secondary N) is 2. The molecule has 3 heterocycles. The predicted molar refractivity (Wildman–Crippen MR) is 132 cm³/mol. The number of amides is 1. The van der Waals surface area contributed by atoms with Gasteiger partial charge in [-0.2, -0.15) is 0 Å². The molecule has 2 N–H and O–H groups in total.